The van der Waals surface area contributed by atoms with Crippen LogP contribution in [0.5, 0.6) is 0 Å². The fourth-order valence-corrected chi connectivity index (χ4v) is 3.79. The summed E-state index contributed by atoms with van der Waals surface area (Å²) in [6.07, 6.45) is -3.23. The molecular formula is C19H23F3N2O3. The number of carboxylic acids is 1. The molecule has 3 rings (SSSR count). The highest BCUT2D eigenvalue weighted by molar-refractivity contribution is 5.86. The first-order valence-corrected chi connectivity index (χ1v) is 9.06. The van der Waals surface area contributed by atoms with Gasteiger partial charge in [0.2, 0.25) is 5.91 Å². The number of hydrogen-bond donors (Lipinski definition) is 1. The van der Waals surface area contributed by atoms with Gasteiger partial charge < -0.3 is 10.0 Å². The lowest BCUT2D eigenvalue weighted by atomic mass is 9.93. The monoisotopic (exact) mass is 384 g/mol. The number of hydrogen-bond acceptors (Lipinski definition) is 3. The summed E-state index contributed by atoms with van der Waals surface area (Å²) in [5, 5.41) is 9.27. The van der Waals surface area contributed by atoms with E-state index in [9.17, 15) is 27.9 Å². The maximum atomic E-state index is 13.6. The molecule has 0 spiro atoms. The second-order valence-electron chi connectivity index (χ2n) is 7.43. The predicted octanol–water partition coefficient (Wildman–Crippen LogP) is 2.76. The van der Waals surface area contributed by atoms with Crippen molar-refractivity contribution in [2.75, 3.05) is 13.1 Å². The summed E-state index contributed by atoms with van der Waals surface area (Å²) in [6.45, 7) is 1.41. The van der Waals surface area contributed by atoms with Crippen LogP contribution >= 0.6 is 0 Å². The van der Waals surface area contributed by atoms with E-state index in [-0.39, 0.29) is 19.1 Å². The number of halogens is 3. The molecule has 1 amide bonds. The molecule has 0 radical (unpaired) electrons. The predicted molar refractivity (Wildman–Crippen MR) is 91.7 cm³/mol. The summed E-state index contributed by atoms with van der Waals surface area (Å²) in [7, 11) is 0. The standard InChI is InChI=1S/C19H23F3N2O3/c1-12(18(26)27)24(14-7-8-14)17(25)15-10-23(11-16(15)19(20,21)22)9-13-5-3-2-4-6-13/h2-6,12,14-16H,7-11H2,1H3,(H,26,27)/t12?,15-,16-/m1/s1. The first-order valence-electron chi connectivity index (χ1n) is 9.06. The van der Waals surface area contributed by atoms with Crippen molar-refractivity contribution in [3.63, 3.8) is 0 Å². The highest BCUT2D eigenvalue weighted by Crippen LogP contribution is 2.41. The van der Waals surface area contributed by atoms with Crippen LogP contribution in [-0.4, -0.2) is 58.1 Å². The quantitative estimate of drug-likeness (QED) is 0.819. The molecule has 8 heteroatoms. The van der Waals surface area contributed by atoms with Gasteiger partial charge in [-0.2, -0.15) is 13.2 Å². The molecule has 0 aromatic heterocycles. The lowest BCUT2D eigenvalue weighted by Gasteiger charge is -2.31. The Morgan fingerprint density at radius 2 is 1.85 bits per heavy atom. The lowest BCUT2D eigenvalue weighted by Crippen LogP contribution is -2.50. The molecule has 1 aromatic rings. The Bertz CT molecular complexity index is 691. The molecule has 1 unspecified atom stereocenters. The third kappa shape index (κ3) is 4.43. The zero-order valence-corrected chi connectivity index (χ0v) is 15.0. The van der Waals surface area contributed by atoms with Crippen molar-refractivity contribution in [3.05, 3.63) is 35.9 Å². The van der Waals surface area contributed by atoms with Crippen molar-refractivity contribution in [2.45, 2.75) is 44.6 Å². The van der Waals surface area contributed by atoms with Crippen LogP contribution in [0.2, 0.25) is 0 Å². The van der Waals surface area contributed by atoms with Crippen LogP contribution in [-0.2, 0) is 16.1 Å². The molecule has 1 heterocycles. The van der Waals surface area contributed by atoms with Gasteiger partial charge in [-0.25, -0.2) is 4.79 Å². The third-order valence-corrected chi connectivity index (χ3v) is 5.35. The Morgan fingerprint density at radius 3 is 2.37 bits per heavy atom. The van der Waals surface area contributed by atoms with E-state index in [2.05, 4.69) is 0 Å². The zero-order chi connectivity index (χ0) is 19.8. The highest BCUT2D eigenvalue weighted by Gasteiger charge is 2.54. The first-order chi connectivity index (χ1) is 12.7. The van der Waals surface area contributed by atoms with Crippen LogP contribution in [0.15, 0.2) is 30.3 Å². The molecule has 1 aliphatic carbocycles. The lowest BCUT2D eigenvalue weighted by molar-refractivity contribution is -0.187. The second-order valence-corrected chi connectivity index (χ2v) is 7.43. The molecule has 0 bridgehead atoms. The number of aliphatic carboxylic acids is 1. The maximum absolute atomic E-state index is 13.6. The fraction of sp³-hybridized carbons (Fsp3) is 0.579. The Labute approximate surface area is 155 Å². The first kappa shape index (κ1) is 19.7. The van der Waals surface area contributed by atoms with Crippen molar-refractivity contribution < 1.29 is 27.9 Å². The van der Waals surface area contributed by atoms with Gasteiger partial charge in [0.1, 0.15) is 6.04 Å². The number of carbonyl (C=O) groups excluding carboxylic acids is 1. The van der Waals surface area contributed by atoms with E-state index < -0.39 is 35.9 Å². The highest BCUT2D eigenvalue weighted by atomic mass is 19.4. The van der Waals surface area contributed by atoms with Gasteiger partial charge in [-0.05, 0) is 25.3 Å². The zero-order valence-electron chi connectivity index (χ0n) is 15.0. The van der Waals surface area contributed by atoms with Crippen molar-refractivity contribution >= 4 is 11.9 Å². The molecule has 5 nitrogen and oxygen atoms in total. The number of nitrogens with zero attached hydrogens (tertiary/aromatic N) is 2. The molecule has 2 aliphatic rings. The summed E-state index contributed by atoms with van der Waals surface area (Å²) in [6, 6.07) is 7.75. The Morgan fingerprint density at radius 1 is 1.22 bits per heavy atom. The van der Waals surface area contributed by atoms with Crippen LogP contribution in [0.3, 0.4) is 0 Å². The molecular weight excluding hydrogens is 361 g/mol. The topological polar surface area (TPSA) is 60.9 Å². The number of rotatable bonds is 6. The molecule has 1 N–H and O–H groups in total. The largest absolute Gasteiger partial charge is 0.480 e. The van der Waals surface area contributed by atoms with Crippen LogP contribution in [0.1, 0.15) is 25.3 Å². The van der Waals surface area contributed by atoms with Crippen LogP contribution in [0, 0.1) is 11.8 Å². The number of amides is 1. The van der Waals surface area contributed by atoms with Gasteiger partial charge in [-0.3, -0.25) is 9.69 Å². The summed E-state index contributed by atoms with van der Waals surface area (Å²) >= 11 is 0. The molecule has 1 saturated heterocycles. The Kier molecular flexibility index (Phi) is 5.46. The Hall–Kier alpha value is -2.09. The normalized spacial score (nSPS) is 24.6. The van der Waals surface area contributed by atoms with Gasteiger partial charge in [-0.1, -0.05) is 30.3 Å². The second kappa shape index (κ2) is 7.50. The van der Waals surface area contributed by atoms with Gasteiger partial charge in [0.25, 0.3) is 0 Å². The third-order valence-electron chi connectivity index (χ3n) is 5.35. The number of carboxylic acid groups (broad SMARTS) is 1. The van der Waals surface area contributed by atoms with E-state index >= 15 is 0 Å². The summed E-state index contributed by atoms with van der Waals surface area (Å²) in [5.41, 5.74) is 0.879. The minimum Gasteiger partial charge on any atom is -0.480 e. The van der Waals surface area contributed by atoms with Crippen LogP contribution < -0.4 is 0 Å². The van der Waals surface area contributed by atoms with Crippen LogP contribution in [0.4, 0.5) is 13.2 Å². The smallest absolute Gasteiger partial charge is 0.393 e. The van der Waals surface area contributed by atoms with E-state index in [1.807, 2.05) is 30.3 Å². The molecule has 1 saturated carbocycles. The van der Waals surface area contributed by atoms with E-state index in [0.717, 1.165) is 10.5 Å². The molecule has 3 atom stereocenters. The summed E-state index contributed by atoms with van der Waals surface area (Å²) in [5.74, 6) is -4.93. The van der Waals surface area contributed by atoms with Crippen molar-refractivity contribution in [2.24, 2.45) is 11.8 Å². The van der Waals surface area contributed by atoms with Crippen molar-refractivity contribution in [3.8, 4) is 0 Å². The number of carbonyl (C=O) groups is 2. The van der Waals surface area contributed by atoms with E-state index in [1.54, 1.807) is 4.90 Å². The van der Waals surface area contributed by atoms with E-state index in [0.29, 0.717) is 19.4 Å². The van der Waals surface area contributed by atoms with E-state index in [1.165, 1.54) is 6.92 Å². The minimum absolute atomic E-state index is 0.0204. The van der Waals surface area contributed by atoms with Gasteiger partial charge in [0, 0.05) is 25.7 Å². The van der Waals surface area contributed by atoms with Gasteiger partial charge in [0.05, 0.1) is 11.8 Å². The van der Waals surface area contributed by atoms with Crippen molar-refractivity contribution in [1.29, 1.82) is 0 Å². The summed E-state index contributed by atoms with van der Waals surface area (Å²) in [4.78, 5) is 27.1. The van der Waals surface area contributed by atoms with Gasteiger partial charge in [0.15, 0.2) is 0 Å². The average Bonchev–Trinajstić information content (AvgIpc) is 3.33. The molecule has 148 valence electrons. The Balaban J connectivity index is 1.80. The van der Waals surface area contributed by atoms with Gasteiger partial charge >= 0.3 is 12.1 Å². The SMILES string of the molecule is CC(C(=O)O)N(C(=O)[C@@H]1CN(Cc2ccccc2)C[C@H]1C(F)(F)F)C1CC1. The number of benzene rings is 1. The molecule has 27 heavy (non-hydrogen) atoms. The van der Waals surface area contributed by atoms with Crippen LogP contribution in [0.25, 0.3) is 0 Å². The van der Waals surface area contributed by atoms with E-state index in [4.69, 9.17) is 0 Å². The fourth-order valence-electron chi connectivity index (χ4n) is 3.79. The number of alkyl halides is 3. The van der Waals surface area contributed by atoms with Crippen molar-refractivity contribution in [1.82, 2.24) is 9.80 Å². The maximum Gasteiger partial charge on any atom is 0.393 e. The minimum atomic E-state index is -4.51. The molecule has 1 aliphatic heterocycles. The average molecular weight is 384 g/mol. The number of likely N-dealkylation sites (tertiary alicyclic amines) is 1. The summed E-state index contributed by atoms with van der Waals surface area (Å²) < 4.78 is 40.8. The molecule has 2 fully saturated rings. The van der Waals surface area contributed by atoms with Gasteiger partial charge in [-0.15, -0.1) is 0 Å². The molecule has 1 aromatic carbocycles.